The summed E-state index contributed by atoms with van der Waals surface area (Å²) in [6, 6.07) is 12.2. The monoisotopic (exact) mass is 345 g/mol. The highest BCUT2D eigenvalue weighted by Crippen LogP contribution is 2.37. The Kier molecular flexibility index (Phi) is 4.22. The third-order valence-corrected chi connectivity index (χ3v) is 5.88. The summed E-state index contributed by atoms with van der Waals surface area (Å²) >= 11 is 8.10. The molecule has 3 aromatic rings. The molecule has 2 nitrogen and oxygen atoms in total. The van der Waals surface area contributed by atoms with E-state index in [0.717, 1.165) is 21.3 Å². The maximum Gasteiger partial charge on any atom is 0.330 e. The van der Waals surface area contributed by atoms with Crippen molar-refractivity contribution >= 4 is 56.1 Å². The molecule has 0 saturated carbocycles. The van der Waals surface area contributed by atoms with Crippen LogP contribution >= 0.6 is 22.9 Å². The van der Waals surface area contributed by atoms with Crippen molar-refractivity contribution in [2.75, 3.05) is 0 Å². The molecule has 0 amide bonds. The molecule has 0 bridgehead atoms. The minimum atomic E-state index is -0.939. The summed E-state index contributed by atoms with van der Waals surface area (Å²) in [7, 11) is 1.71. The standard InChI is InChI=1S/C18H19BClO2S/c1-17(2,21)18(3,4)22-19-11-8-9-14-12(10-11)16-13(20)6-5-7-15(16)23-14/h5-10,21H,1-4H3. The maximum absolute atomic E-state index is 10.2. The van der Waals surface area contributed by atoms with Crippen LogP contribution in [-0.4, -0.2) is 23.8 Å². The third-order valence-electron chi connectivity index (χ3n) is 4.43. The van der Waals surface area contributed by atoms with Crippen LogP contribution in [0.1, 0.15) is 27.7 Å². The number of thiophene rings is 1. The van der Waals surface area contributed by atoms with E-state index in [0.29, 0.717) is 0 Å². The van der Waals surface area contributed by atoms with Crippen LogP contribution in [0.5, 0.6) is 0 Å². The molecule has 0 aliphatic carbocycles. The first kappa shape index (κ1) is 16.8. The second-order valence-electron chi connectivity index (χ2n) is 6.78. The van der Waals surface area contributed by atoms with Gasteiger partial charge >= 0.3 is 7.48 Å². The van der Waals surface area contributed by atoms with Crippen molar-refractivity contribution in [1.82, 2.24) is 0 Å². The van der Waals surface area contributed by atoms with E-state index in [-0.39, 0.29) is 0 Å². The molecule has 1 aromatic heterocycles. The van der Waals surface area contributed by atoms with Crippen molar-refractivity contribution in [1.29, 1.82) is 0 Å². The molecule has 3 rings (SSSR count). The molecule has 1 radical (unpaired) electrons. The Bertz CT molecular complexity index is 864. The second-order valence-corrected chi connectivity index (χ2v) is 8.27. The number of benzene rings is 2. The molecule has 0 fully saturated rings. The summed E-state index contributed by atoms with van der Waals surface area (Å²) in [4.78, 5) is 0. The van der Waals surface area contributed by atoms with Gasteiger partial charge in [-0.15, -0.1) is 11.3 Å². The fraction of sp³-hybridized carbons (Fsp3) is 0.333. The number of halogens is 1. The largest absolute Gasteiger partial charge is 0.427 e. The molecule has 2 aromatic carbocycles. The third kappa shape index (κ3) is 3.13. The van der Waals surface area contributed by atoms with Crippen molar-refractivity contribution in [3.63, 3.8) is 0 Å². The number of hydrogen-bond donors (Lipinski definition) is 1. The highest BCUT2D eigenvalue weighted by Gasteiger charge is 2.35. The fourth-order valence-electron chi connectivity index (χ4n) is 2.23. The van der Waals surface area contributed by atoms with Crippen LogP contribution in [-0.2, 0) is 4.65 Å². The first-order valence-corrected chi connectivity index (χ1v) is 8.73. The van der Waals surface area contributed by atoms with Crippen LogP contribution in [0, 0.1) is 0 Å². The average molecular weight is 346 g/mol. The minimum absolute atomic E-state index is 0.684. The quantitative estimate of drug-likeness (QED) is 0.705. The molecule has 23 heavy (non-hydrogen) atoms. The van der Waals surface area contributed by atoms with Gasteiger partial charge in [0.2, 0.25) is 0 Å². The average Bonchev–Trinajstić information content (AvgIpc) is 2.83. The zero-order chi connectivity index (χ0) is 16.8. The van der Waals surface area contributed by atoms with Gasteiger partial charge in [0, 0.05) is 25.2 Å². The molecule has 0 aliphatic rings. The summed E-state index contributed by atoms with van der Waals surface area (Å²) < 4.78 is 8.23. The summed E-state index contributed by atoms with van der Waals surface area (Å²) in [5.41, 5.74) is -0.670. The van der Waals surface area contributed by atoms with E-state index in [1.165, 1.54) is 9.40 Å². The van der Waals surface area contributed by atoms with Gasteiger partial charge in [-0.25, -0.2) is 0 Å². The zero-order valence-electron chi connectivity index (χ0n) is 13.7. The van der Waals surface area contributed by atoms with Gasteiger partial charge in [0.15, 0.2) is 0 Å². The first-order chi connectivity index (χ1) is 10.7. The molecule has 0 atom stereocenters. The van der Waals surface area contributed by atoms with E-state index >= 15 is 0 Å². The molecule has 0 spiro atoms. The highest BCUT2D eigenvalue weighted by atomic mass is 35.5. The molecule has 5 heteroatoms. The summed E-state index contributed by atoms with van der Waals surface area (Å²) in [5, 5.41) is 13.2. The van der Waals surface area contributed by atoms with Crippen molar-refractivity contribution < 1.29 is 9.76 Å². The SMILES string of the molecule is CC(C)(O)C(C)(C)O[B]c1ccc2sc3cccc(Cl)c3c2c1. The van der Waals surface area contributed by atoms with Crippen molar-refractivity contribution in [3.8, 4) is 0 Å². The van der Waals surface area contributed by atoms with Gasteiger partial charge in [-0.2, -0.15) is 0 Å². The van der Waals surface area contributed by atoms with Crippen LogP contribution in [0.15, 0.2) is 36.4 Å². The van der Waals surface area contributed by atoms with Gasteiger partial charge in [-0.05, 0) is 45.9 Å². The Balaban J connectivity index is 1.96. The van der Waals surface area contributed by atoms with E-state index < -0.39 is 11.2 Å². The van der Waals surface area contributed by atoms with E-state index in [1.807, 2.05) is 32.0 Å². The van der Waals surface area contributed by atoms with Gasteiger partial charge < -0.3 is 9.76 Å². The summed E-state index contributed by atoms with van der Waals surface area (Å²) in [5.74, 6) is 0. The van der Waals surface area contributed by atoms with E-state index in [1.54, 1.807) is 32.7 Å². The molecule has 119 valence electrons. The Morgan fingerprint density at radius 1 is 1.09 bits per heavy atom. The van der Waals surface area contributed by atoms with Crippen molar-refractivity contribution in [3.05, 3.63) is 41.4 Å². The van der Waals surface area contributed by atoms with Gasteiger partial charge in [-0.3, -0.25) is 0 Å². The van der Waals surface area contributed by atoms with Gasteiger partial charge in [0.05, 0.1) is 11.2 Å². The Morgan fingerprint density at radius 3 is 2.52 bits per heavy atom. The van der Waals surface area contributed by atoms with E-state index in [9.17, 15) is 5.11 Å². The van der Waals surface area contributed by atoms with Crippen LogP contribution < -0.4 is 5.46 Å². The number of rotatable bonds is 4. The lowest BCUT2D eigenvalue weighted by Crippen LogP contribution is -2.49. The minimum Gasteiger partial charge on any atom is -0.427 e. The van der Waals surface area contributed by atoms with E-state index in [2.05, 4.69) is 18.2 Å². The zero-order valence-corrected chi connectivity index (χ0v) is 15.3. The Hall–Kier alpha value is -1.07. The van der Waals surface area contributed by atoms with E-state index in [4.69, 9.17) is 16.3 Å². The lowest BCUT2D eigenvalue weighted by Gasteiger charge is -2.37. The summed E-state index contributed by atoms with van der Waals surface area (Å²) in [6.07, 6.45) is 0. The van der Waals surface area contributed by atoms with Crippen LogP contribution in [0.4, 0.5) is 0 Å². The maximum atomic E-state index is 10.2. The van der Waals surface area contributed by atoms with Gasteiger partial charge in [-0.1, -0.05) is 35.3 Å². The summed E-state index contributed by atoms with van der Waals surface area (Å²) in [6.45, 7) is 7.24. The van der Waals surface area contributed by atoms with Crippen LogP contribution in [0.3, 0.4) is 0 Å². The number of hydrogen-bond acceptors (Lipinski definition) is 3. The fourth-order valence-corrected chi connectivity index (χ4v) is 3.68. The predicted molar refractivity (Wildman–Crippen MR) is 101 cm³/mol. The lowest BCUT2D eigenvalue weighted by molar-refractivity contribution is -0.0893. The highest BCUT2D eigenvalue weighted by molar-refractivity contribution is 7.26. The second kappa shape index (κ2) is 5.78. The molecule has 0 aliphatic heterocycles. The van der Waals surface area contributed by atoms with Crippen LogP contribution in [0.25, 0.3) is 20.2 Å². The molecule has 0 unspecified atom stereocenters. The Morgan fingerprint density at radius 2 is 1.83 bits per heavy atom. The topological polar surface area (TPSA) is 29.5 Å². The number of fused-ring (bicyclic) bond motifs is 3. The van der Waals surface area contributed by atoms with Gasteiger partial charge in [0.25, 0.3) is 0 Å². The van der Waals surface area contributed by atoms with Crippen LogP contribution in [0.2, 0.25) is 5.02 Å². The Labute approximate surface area is 146 Å². The van der Waals surface area contributed by atoms with Crippen molar-refractivity contribution in [2.24, 2.45) is 0 Å². The molecular formula is C18H19BClO2S. The first-order valence-electron chi connectivity index (χ1n) is 7.53. The predicted octanol–water partition coefficient (Wildman–Crippen LogP) is 4.52. The number of aliphatic hydroxyl groups is 1. The molecule has 1 N–H and O–H groups in total. The van der Waals surface area contributed by atoms with Crippen molar-refractivity contribution in [2.45, 2.75) is 38.9 Å². The normalized spacial score (nSPS) is 13.0. The molecule has 0 saturated heterocycles. The lowest BCUT2D eigenvalue weighted by atomic mass is 9.82. The molecular weight excluding hydrogens is 327 g/mol. The smallest absolute Gasteiger partial charge is 0.330 e. The van der Waals surface area contributed by atoms with Gasteiger partial charge in [0.1, 0.15) is 0 Å². The molecule has 1 heterocycles.